The van der Waals surface area contributed by atoms with E-state index in [1.165, 1.54) is 88.2 Å². The first-order valence-corrected chi connectivity index (χ1v) is 20.7. The third-order valence-corrected chi connectivity index (χ3v) is 13.4. The summed E-state index contributed by atoms with van der Waals surface area (Å²) in [5.41, 5.74) is 18.7. The summed E-state index contributed by atoms with van der Waals surface area (Å²) < 4.78 is 7.24. The molecule has 4 heterocycles. The lowest BCUT2D eigenvalue weighted by Crippen LogP contribution is -2.27. The van der Waals surface area contributed by atoms with Gasteiger partial charge in [0.05, 0.1) is 38.8 Å². The highest BCUT2D eigenvalue weighted by atomic mass is 15.1. The van der Waals surface area contributed by atoms with Crippen molar-refractivity contribution in [1.82, 2.24) is 18.7 Å². The van der Waals surface area contributed by atoms with Gasteiger partial charge in [-0.15, -0.1) is 0 Å². The molecule has 0 fully saturated rings. The van der Waals surface area contributed by atoms with Crippen molar-refractivity contribution in [2.24, 2.45) is 0 Å². The van der Waals surface area contributed by atoms with Crippen LogP contribution in [0.25, 0.3) is 94.0 Å². The van der Waals surface area contributed by atoms with E-state index in [4.69, 9.17) is 4.98 Å². The summed E-state index contributed by atoms with van der Waals surface area (Å²) in [7, 11) is 0. The van der Waals surface area contributed by atoms with Crippen molar-refractivity contribution in [1.29, 1.82) is 0 Å². The van der Waals surface area contributed by atoms with Crippen molar-refractivity contribution in [2.75, 3.05) is 0 Å². The molecular formula is C56H34N4. The molecule has 2 aliphatic rings. The molecule has 4 nitrogen and oxygen atoms in total. The standard InChI is InChI=1S/C56H34N4/c1-5-17-45-39(13-1)40-31-30-38(34-47(40)56(45)46-18-6-11-23-53(46)60-54-24-12-7-19-48(54)57-55(56)60)59-51-22-10-4-16-43(51)44-33-36(27-32-52(44)59)35-25-28-37(29-26-35)58-49-20-8-2-14-41(49)42-15-3-9-21-50(42)58/h1-34H. The van der Waals surface area contributed by atoms with Crippen molar-refractivity contribution < 1.29 is 0 Å². The Hall–Kier alpha value is -7.95. The van der Waals surface area contributed by atoms with Gasteiger partial charge in [0.2, 0.25) is 0 Å². The van der Waals surface area contributed by atoms with Gasteiger partial charge in [-0.3, -0.25) is 4.57 Å². The lowest BCUT2D eigenvalue weighted by molar-refractivity contribution is 0.737. The maximum absolute atomic E-state index is 5.47. The highest BCUT2D eigenvalue weighted by Gasteiger charge is 2.54. The summed E-state index contributed by atoms with van der Waals surface area (Å²) in [5.74, 6) is 1.06. The Morgan fingerprint density at radius 3 is 1.62 bits per heavy atom. The molecule has 12 aromatic rings. The van der Waals surface area contributed by atoms with Gasteiger partial charge >= 0.3 is 0 Å². The molecule has 3 aromatic heterocycles. The molecule has 1 aliphatic heterocycles. The van der Waals surface area contributed by atoms with Crippen LogP contribution in [0.4, 0.5) is 0 Å². The number of rotatable bonds is 3. The Bertz CT molecular complexity index is 3730. The quantitative estimate of drug-likeness (QED) is 0.176. The molecule has 1 atom stereocenters. The first-order chi connectivity index (χ1) is 29.8. The van der Waals surface area contributed by atoms with Gasteiger partial charge in [0.1, 0.15) is 11.2 Å². The molecule has 1 unspecified atom stereocenters. The predicted molar refractivity (Wildman–Crippen MR) is 246 cm³/mol. The van der Waals surface area contributed by atoms with Gasteiger partial charge < -0.3 is 9.13 Å². The number of hydrogen-bond acceptors (Lipinski definition) is 1. The second kappa shape index (κ2) is 11.6. The molecular weight excluding hydrogens is 729 g/mol. The van der Waals surface area contributed by atoms with Gasteiger partial charge in [-0.1, -0.05) is 133 Å². The van der Waals surface area contributed by atoms with E-state index in [-0.39, 0.29) is 0 Å². The molecule has 0 saturated heterocycles. The van der Waals surface area contributed by atoms with E-state index in [0.717, 1.165) is 28.2 Å². The van der Waals surface area contributed by atoms with Gasteiger partial charge in [0, 0.05) is 32.9 Å². The van der Waals surface area contributed by atoms with Crippen molar-refractivity contribution in [3.05, 3.63) is 229 Å². The highest BCUT2D eigenvalue weighted by molar-refractivity contribution is 6.11. The molecule has 0 saturated carbocycles. The highest BCUT2D eigenvalue weighted by Crippen LogP contribution is 2.60. The van der Waals surface area contributed by atoms with E-state index in [1.54, 1.807) is 0 Å². The van der Waals surface area contributed by atoms with Crippen LogP contribution in [0.1, 0.15) is 22.5 Å². The Morgan fingerprint density at radius 2 is 0.867 bits per heavy atom. The van der Waals surface area contributed by atoms with E-state index in [1.807, 2.05) is 0 Å². The summed E-state index contributed by atoms with van der Waals surface area (Å²) >= 11 is 0. The van der Waals surface area contributed by atoms with Crippen molar-refractivity contribution >= 4 is 54.6 Å². The van der Waals surface area contributed by atoms with Crippen molar-refractivity contribution in [2.45, 2.75) is 5.41 Å². The fourth-order valence-electron chi connectivity index (χ4n) is 11.0. The average Bonchev–Trinajstić information content (AvgIpc) is 4.09. The lowest BCUT2D eigenvalue weighted by Gasteiger charge is -2.27. The smallest absolute Gasteiger partial charge is 0.134 e. The van der Waals surface area contributed by atoms with Gasteiger partial charge in [-0.2, -0.15) is 0 Å². The van der Waals surface area contributed by atoms with Crippen LogP contribution in [-0.4, -0.2) is 18.7 Å². The molecule has 0 radical (unpaired) electrons. The Labute approximate surface area is 345 Å². The number of aromatic nitrogens is 4. The van der Waals surface area contributed by atoms with Gasteiger partial charge in [0.25, 0.3) is 0 Å². The minimum absolute atomic E-state index is 0.561. The summed E-state index contributed by atoms with van der Waals surface area (Å²) in [4.78, 5) is 5.47. The van der Waals surface area contributed by atoms with Crippen LogP contribution in [0.5, 0.6) is 0 Å². The van der Waals surface area contributed by atoms with Crippen LogP contribution in [0, 0.1) is 0 Å². The largest absolute Gasteiger partial charge is 0.309 e. The average molecular weight is 763 g/mol. The third kappa shape index (κ3) is 3.97. The Balaban J connectivity index is 0.946. The molecule has 0 bridgehead atoms. The van der Waals surface area contributed by atoms with Crippen LogP contribution in [-0.2, 0) is 5.41 Å². The minimum Gasteiger partial charge on any atom is -0.309 e. The maximum Gasteiger partial charge on any atom is 0.134 e. The molecule has 1 aliphatic carbocycles. The Kier molecular flexibility index (Phi) is 6.19. The summed E-state index contributed by atoms with van der Waals surface area (Å²) in [6.07, 6.45) is 0. The van der Waals surface area contributed by atoms with Crippen molar-refractivity contribution in [3.8, 4) is 39.3 Å². The van der Waals surface area contributed by atoms with E-state index in [2.05, 4.69) is 220 Å². The topological polar surface area (TPSA) is 27.7 Å². The van der Waals surface area contributed by atoms with E-state index in [0.29, 0.717) is 0 Å². The molecule has 14 rings (SSSR count). The monoisotopic (exact) mass is 762 g/mol. The normalized spacial score (nSPS) is 15.1. The van der Waals surface area contributed by atoms with Crippen LogP contribution < -0.4 is 0 Å². The SMILES string of the molecule is c1ccc2c(c1)-c1ccc(-n3c4ccccc4c4cc(-c5ccc(-n6c7ccccc7c7ccccc76)cc5)ccc43)cc1C21c2ccccc2-n2c1nc1ccccc12. The third-order valence-electron chi connectivity index (χ3n) is 13.4. The van der Waals surface area contributed by atoms with E-state index >= 15 is 0 Å². The number of fused-ring (bicyclic) bond motifs is 18. The van der Waals surface area contributed by atoms with Crippen LogP contribution >= 0.6 is 0 Å². The van der Waals surface area contributed by atoms with Crippen LogP contribution in [0.3, 0.4) is 0 Å². The molecule has 278 valence electrons. The summed E-state index contributed by atoms with van der Waals surface area (Å²) in [6, 6.07) is 75.8. The number of benzene rings is 9. The summed E-state index contributed by atoms with van der Waals surface area (Å²) in [5, 5.41) is 5.02. The second-order valence-corrected chi connectivity index (χ2v) is 16.3. The van der Waals surface area contributed by atoms with Gasteiger partial charge in [-0.25, -0.2) is 4.98 Å². The minimum atomic E-state index is -0.561. The number of nitrogens with zero attached hydrogens (tertiary/aromatic N) is 4. The first kappa shape index (κ1) is 32.1. The molecule has 9 aromatic carbocycles. The summed E-state index contributed by atoms with van der Waals surface area (Å²) in [6.45, 7) is 0. The predicted octanol–water partition coefficient (Wildman–Crippen LogP) is 13.6. The number of imidazole rings is 1. The van der Waals surface area contributed by atoms with Crippen molar-refractivity contribution in [3.63, 3.8) is 0 Å². The zero-order valence-electron chi connectivity index (χ0n) is 32.4. The molecule has 60 heavy (non-hydrogen) atoms. The first-order valence-electron chi connectivity index (χ1n) is 20.7. The van der Waals surface area contributed by atoms with E-state index in [9.17, 15) is 0 Å². The fourth-order valence-corrected chi connectivity index (χ4v) is 11.0. The van der Waals surface area contributed by atoms with Gasteiger partial charge in [-0.05, 0) is 112 Å². The number of para-hydroxylation sites is 6. The van der Waals surface area contributed by atoms with Crippen LogP contribution in [0.15, 0.2) is 206 Å². The Morgan fingerprint density at radius 1 is 0.333 bits per heavy atom. The molecule has 4 heteroatoms. The fraction of sp³-hybridized carbons (Fsp3) is 0.0179. The zero-order chi connectivity index (χ0) is 39.1. The maximum atomic E-state index is 5.47. The van der Waals surface area contributed by atoms with E-state index < -0.39 is 5.41 Å². The molecule has 0 amide bonds. The van der Waals surface area contributed by atoms with Gasteiger partial charge in [0.15, 0.2) is 0 Å². The number of hydrogen-bond donors (Lipinski definition) is 0. The lowest BCUT2D eigenvalue weighted by atomic mass is 9.73. The van der Waals surface area contributed by atoms with Crippen LogP contribution in [0.2, 0.25) is 0 Å². The second-order valence-electron chi connectivity index (χ2n) is 16.3. The molecule has 1 spiro atoms. The molecule has 0 N–H and O–H groups in total. The zero-order valence-corrected chi connectivity index (χ0v) is 32.4.